The van der Waals surface area contributed by atoms with Gasteiger partial charge in [0.2, 0.25) is 0 Å². The van der Waals surface area contributed by atoms with E-state index in [1.807, 2.05) is 6.07 Å². The molecule has 3 heteroatoms. The Balaban J connectivity index is 2.65. The van der Waals surface area contributed by atoms with Crippen LogP contribution in [0.5, 0.6) is 0 Å². The van der Waals surface area contributed by atoms with E-state index in [0.717, 1.165) is 0 Å². The van der Waals surface area contributed by atoms with Crippen LogP contribution in [-0.2, 0) is 4.79 Å². The molecule has 1 N–H and O–H groups in total. The normalized spacial score (nSPS) is 9.40. The van der Waals surface area contributed by atoms with E-state index in [-0.39, 0.29) is 17.4 Å². The van der Waals surface area contributed by atoms with E-state index >= 15 is 0 Å². The van der Waals surface area contributed by atoms with Crippen LogP contribution in [-0.4, -0.2) is 11.7 Å². The van der Waals surface area contributed by atoms with Crippen LogP contribution in [0.15, 0.2) is 42.6 Å². The van der Waals surface area contributed by atoms with E-state index in [2.05, 4.69) is 11.9 Å². The number of amides is 1. The van der Waals surface area contributed by atoms with Gasteiger partial charge in [0.15, 0.2) is 5.78 Å². The van der Waals surface area contributed by atoms with Gasteiger partial charge in [-0.25, -0.2) is 0 Å². The summed E-state index contributed by atoms with van der Waals surface area (Å²) in [5.41, 5.74) is 0.661. The Morgan fingerprint density at radius 3 is 2.40 bits per heavy atom. The average Bonchev–Trinajstić information content (AvgIpc) is 2.29. The first-order valence-corrected chi connectivity index (χ1v) is 4.73. The predicted octanol–water partition coefficient (Wildman–Crippen LogP) is 1.91. The number of hydrogen-bond acceptors (Lipinski definition) is 2. The maximum Gasteiger partial charge on any atom is 0.255 e. The van der Waals surface area contributed by atoms with E-state index in [0.29, 0.717) is 12.0 Å². The summed E-state index contributed by atoms with van der Waals surface area (Å²) < 4.78 is 0. The zero-order valence-electron chi connectivity index (χ0n) is 8.62. The van der Waals surface area contributed by atoms with Gasteiger partial charge in [-0.05, 0) is 12.1 Å². The summed E-state index contributed by atoms with van der Waals surface area (Å²) in [5, 5.41) is 2.46. The monoisotopic (exact) mass is 203 g/mol. The summed E-state index contributed by atoms with van der Waals surface area (Å²) in [5.74, 6) is -0.457. The molecule has 0 saturated carbocycles. The van der Waals surface area contributed by atoms with Gasteiger partial charge in [0.25, 0.3) is 5.91 Å². The third-order valence-electron chi connectivity index (χ3n) is 1.96. The second-order valence-corrected chi connectivity index (χ2v) is 3.08. The van der Waals surface area contributed by atoms with Crippen molar-refractivity contribution in [3.05, 3.63) is 48.2 Å². The van der Waals surface area contributed by atoms with Gasteiger partial charge in [-0.2, -0.15) is 0 Å². The maximum atomic E-state index is 11.6. The fourth-order valence-corrected chi connectivity index (χ4v) is 1.08. The van der Waals surface area contributed by atoms with Crippen LogP contribution in [0, 0.1) is 0 Å². The Kier molecular flexibility index (Phi) is 3.80. The molecule has 0 spiro atoms. The molecule has 0 atom stereocenters. The van der Waals surface area contributed by atoms with Crippen LogP contribution in [0.3, 0.4) is 0 Å². The Hall–Kier alpha value is -1.90. The fourth-order valence-electron chi connectivity index (χ4n) is 1.08. The van der Waals surface area contributed by atoms with Gasteiger partial charge >= 0.3 is 0 Å². The molecule has 0 aliphatic carbocycles. The van der Waals surface area contributed by atoms with Gasteiger partial charge in [0.1, 0.15) is 0 Å². The van der Waals surface area contributed by atoms with Crippen molar-refractivity contribution in [3.8, 4) is 0 Å². The Morgan fingerprint density at radius 2 is 1.87 bits per heavy atom. The molecular weight excluding hydrogens is 190 g/mol. The van der Waals surface area contributed by atoms with Gasteiger partial charge in [0, 0.05) is 12.0 Å². The molecule has 0 bridgehead atoms. The topological polar surface area (TPSA) is 46.2 Å². The van der Waals surface area contributed by atoms with Crippen molar-refractivity contribution in [3.63, 3.8) is 0 Å². The molecule has 0 heterocycles. The molecule has 0 aliphatic heterocycles. The van der Waals surface area contributed by atoms with Crippen molar-refractivity contribution in [2.45, 2.75) is 13.3 Å². The number of hydrogen-bond donors (Lipinski definition) is 1. The minimum Gasteiger partial charge on any atom is -0.319 e. The molecule has 1 aromatic rings. The minimum atomic E-state index is -0.303. The third kappa shape index (κ3) is 3.06. The lowest BCUT2D eigenvalue weighted by Crippen LogP contribution is -2.26. The Labute approximate surface area is 88.8 Å². The van der Waals surface area contributed by atoms with Crippen LogP contribution in [0.1, 0.15) is 23.7 Å². The first-order chi connectivity index (χ1) is 7.15. The minimum absolute atomic E-state index is 0.145. The number of carbonyl (C=O) groups is 2. The molecule has 1 rings (SSSR count). The number of nitrogens with one attached hydrogen (secondary N) is 1. The third-order valence-corrected chi connectivity index (χ3v) is 1.96. The lowest BCUT2D eigenvalue weighted by Gasteiger charge is -2.05. The van der Waals surface area contributed by atoms with Crippen molar-refractivity contribution in [2.24, 2.45) is 0 Å². The van der Waals surface area contributed by atoms with Gasteiger partial charge in [-0.15, -0.1) is 0 Å². The molecule has 1 amide bonds. The highest BCUT2D eigenvalue weighted by Gasteiger charge is 2.09. The highest BCUT2D eigenvalue weighted by Crippen LogP contribution is 2.00. The maximum absolute atomic E-state index is 11.6. The van der Waals surface area contributed by atoms with Crippen LogP contribution in [0.2, 0.25) is 0 Å². The van der Waals surface area contributed by atoms with Gasteiger partial charge in [0.05, 0.1) is 5.70 Å². The number of ketones is 1. The Morgan fingerprint density at radius 1 is 1.27 bits per heavy atom. The Bertz CT molecular complexity index is 382. The predicted molar refractivity (Wildman–Crippen MR) is 58.3 cm³/mol. The molecule has 0 aromatic heterocycles. The second kappa shape index (κ2) is 5.10. The zero-order valence-corrected chi connectivity index (χ0v) is 8.62. The first kappa shape index (κ1) is 11.2. The SMILES string of the molecule is C=C(NC(=O)c1ccccc1)C(=O)CC. The fraction of sp³-hybridized carbons (Fsp3) is 0.167. The standard InChI is InChI=1S/C12H13NO2/c1-3-11(14)9(2)13-12(15)10-7-5-4-6-8-10/h4-8H,2-3H2,1H3,(H,13,15). The molecule has 0 radical (unpaired) electrons. The lowest BCUT2D eigenvalue weighted by atomic mass is 10.2. The van der Waals surface area contributed by atoms with E-state index < -0.39 is 0 Å². The van der Waals surface area contributed by atoms with E-state index in [1.54, 1.807) is 31.2 Å². The molecular formula is C12H13NO2. The number of benzene rings is 1. The molecule has 0 unspecified atom stereocenters. The van der Waals surface area contributed by atoms with E-state index in [4.69, 9.17) is 0 Å². The van der Waals surface area contributed by atoms with Gasteiger partial charge < -0.3 is 5.32 Å². The zero-order chi connectivity index (χ0) is 11.3. The molecule has 0 fully saturated rings. The van der Waals surface area contributed by atoms with E-state index in [9.17, 15) is 9.59 Å². The summed E-state index contributed by atoms with van der Waals surface area (Å²) in [7, 11) is 0. The number of allylic oxidation sites excluding steroid dienone is 1. The van der Waals surface area contributed by atoms with Crippen LogP contribution in [0.25, 0.3) is 0 Å². The molecule has 1 aromatic carbocycles. The number of rotatable bonds is 4. The van der Waals surface area contributed by atoms with Crippen LogP contribution < -0.4 is 5.32 Å². The summed E-state index contributed by atoms with van der Waals surface area (Å²) in [6.45, 7) is 5.23. The molecule has 3 nitrogen and oxygen atoms in total. The van der Waals surface area contributed by atoms with E-state index in [1.165, 1.54) is 0 Å². The molecule has 15 heavy (non-hydrogen) atoms. The number of Topliss-reactive ketones (excluding diaryl/α,β-unsaturated/α-hetero) is 1. The smallest absolute Gasteiger partial charge is 0.255 e. The quantitative estimate of drug-likeness (QED) is 0.760. The highest BCUT2D eigenvalue weighted by molar-refractivity contribution is 6.03. The van der Waals surface area contributed by atoms with Gasteiger partial charge in [-0.1, -0.05) is 31.7 Å². The van der Waals surface area contributed by atoms with Crippen LogP contribution in [0.4, 0.5) is 0 Å². The van der Waals surface area contributed by atoms with Crippen molar-refractivity contribution in [2.75, 3.05) is 0 Å². The van der Waals surface area contributed by atoms with Crippen molar-refractivity contribution in [1.29, 1.82) is 0 Å². The van der Waals surface area contributed by atoms with Crippen molar-refractivity contribution in [1.82, 2.24) is 5.32 Å². The summed E-state index contributed by atoms with van der Waals surface area (Å²) in [6.07, 6.45) is 0.341. The summed E-state index contributed by atoms with van der Waals surface area (Å²) in [6, 6.07) is 8.71. The lowest BCUT2D eigenvalue weighted by molar-refractivity contribution is -0.115. The van der Waals surface area contributed by atoms with Crippen molar-refractivity contribution < 1.29 is 9.59 Å². The molecule has 78 valence electrons. The first-order valence-electron chi connectivity index (χ1n) is 4.73. The number of carbonyl (C=O) groups excluding carboxylic acids is 2. The largest absolute Gasteiger partial charge is 0.319 e. The van der Waals surface area contributed by atoms with Gasteiger partial charge in [-0.3, -0.25) is 9.59 Å². The van der Waals surface area contributed by atoms with Crippen molar-refractivity contribution >= 4 is 11.7 Å². The summed E-state index contributed by atoms with van der Waals surface area (Å²) >= 11 is 0. The summed E-state index contributed by atoms with van der Waals surface area (Å²) in [4.78, 5) is 22.7. The highest BCUT2D eigenvalue weighted by atomic mass is 16.2. The average molecular weight is 203 g/mol. The van der Waals surface area contributed by atoms with Crippen LogP contribution >= 0.6 is 0 Å². The molecule has 0 aliphatic rings. The molecule has 0 saturated heterocycles. The second-order valence-electron chi connectivity index (χ2n) is 3.08.